The molecule has 8 heteroatoms. The zero-order chi connectivity index (χ0) is 14.3. The monoisotopic (exact) mass is 271 g/mol. The Morgan fingerprint density at radius 2 is 2.26 bits per heavy atom. The highest BCUT2D eigenvalue weighted by molar-refractivity contribution is 5.74. The second kappa shape index (κ2) is 7.39. The number of halogens is 1. The van der Waals surface area contributed by atoms with Crippen LogP contribution in [0.25, 0.3) is 0 Å². The Kier molecular flexibility index (Phi) is 5.83. The second-order valence-corrected chi connectivity index (χ2v) is 3.74. The van der Waals surface area contributed by atoms with Crippen molar-refractivity contribution < 1.29 is 18.8 Å². The average molecular weight is 271 g/mol. The average Bonchev–Trinajstić information content (AvgIpc) is 2.32. The second-order valence-electron chi connectivity index (χ2n) is 3.74. The molecule has 0 saturated heterocycles. The normalized spacial score (nSPS) is 10.4. The SMILES string of the molecule is NC(=O)COCCNCc1ccc([N+](=O)[O-])c(F)c1. The van der Waals surface area contributed by atoms with E-state index in [9.17, 15) is 19.3 Å². The topological polar surface area (TPSA) is 107 Å². The molecule has 0 saturated carbocycles. The van der Waals surface area contributed by atoms with Crippen LogP contribution in [-0.4, -0.2) is 30.6 Å². The highest BCUT2D eigenvalue weighted by Gasteiger charge is 2.13. The molecule has 104 valence electrons. The fraction of sp³-hybridized carbons (Fsp3) is 0.364. The summed E-state index contributed by atoms with van der Waals surface area (Å²) in [4.78, 5) is 20.0. The van der Waals surface area contributed by atoms with E-state index in [1.54, 1.807) is 0 Å². The first-order chi connectivity index (χ1) is 9.00. The van der Waals surface area contributed by atoms with E-state index >= 15 is 0 Å². The molecule has 19 heavy (non-hydrogen) atoms. The quantitative estimate of drug-likeness (QED) is 0.402. The number of nitrogens with zero attached hydrogens (tertiary/aromatic N) is 1. The molecule has 0 atom stereocenters. The van der Waals surface area contributed by atoms with Gasteiger partial charge in [0.1, 0.15) is 6.61 Å². The summed E-state index contributed by atoms with van der Waals surface area (Å²) in [5, 5.41) is 13.4. The van der Waals surface area contributed by atoms with Gasteiger partial charge in [-0.3, -0.25) is 14.9 Å². The number of amides is 1. The third-order valence-electron chi connectivity index (χ3n) is 2.21. The first kappa shape index (κ1) is 15.0. The lowest BCUT2D eigenvalue weighted by molar-refractivity contribution is -0.387. The number of ether oxygens (including phenoxy) is 1. The van der Waals surface area contributed by atoms with Gasteiger partial charge < -0.3 is 15.8 Å². The lowest BCUT2D eigenvalue weighted by Crippen LogP contribution is -2.23. The van der Waals surface area contributed by atoms with Crippen molar-refractivity contribution in [2.24, 2.45) is 5.73 Å². The van der Waals surface area contributed by atoms with E-state index in [0.717, 1.165) is 12.1 Å². The minimum Gasteiger partial charge on any atom is -0.370 e. The Balaban J connectivity index is 2.32. The van der Waals surface area contributed by atoms with Crippen LogP contribution in [0.5, 0.6) is 0 Å². The van der Waals surface area contributed by atoms with Gasteiger partial charge in [0.25, 0.3) is 0 Å². The molecule has 0 heterocycles. The van der Waals surface area contributed by atoms with E-state index in [2.05, 4.69) is 5.32 Å². The van der Waals surface area contributed by atoms with E-state index in [1.165, 1.54) is 6.07 Å². The van der Waals surface area contributed by atoms with Crippen LogP contribution in [0.4, 0.5) is 10.1 Å². The van der Waals surface area contributed by atoms with Gasteiger partial charge >= 0.3 is 5.69 Å². The van der Waals surface area contributed by atoms with Crippen LogP contribution in [0.2, 0.25) is 0 Å². The Labute approximate surface area is 108 Å². The van der Waals surface area contributed by atoms with Crippen LogP contribution in [0.15, 0.2) is 18.2 Å². The molecule has 0 spiro atoms. The Hall–Kier alpha value is -2.06. The number of benzene rings is 1. The predicted molar refractivity (Wildman–Crippen MR) is 64.8 cm³/mol. The van der Waals surface area contributed by atoms with E-state index in [1.807, 2.05) is 0 Å². The van der Waals surface area contributed by atoms with Gasteiger partial charge in [0, 0.05) is 19.2 Å². The number of carbonyl (C=O) groups is 1. The van der Waals surface area contributed by atoms with Crippen molar-refractivity contribution in [3.8, 4) is 0 Å². The summed E-state index contributed by atoms with van der Waals surface area (Å²) in [6.45, 7) is 0.937. The van der Waals surface area contributed by atoms with Crippen LogP contribution in [0.3, 0.4) is 0 Å². The largest absolute Gasteiger partial charge is 0.370 e. The van der Waals surface area contributed by atoms with Crippen molar-refractivity contribution >= 4 is 11.6 Å². The predicted octanol–water partition coefficient (Wildman–Crippen LogP) is 0.325. The van der Waals surface area contributed by atoms with Crippen LogP contribution in [0, 0.1) is 15.9 Å². The van der Waals surface area contributed by atoms with Gasteiger partial charge in [0.2, 0.25) is 11.7 Å². The molecule has 3 N–H and O–H groups in total. The van der Waals surface area contributed by atoms with E-state index in [4.69, 9.17) is 10.5 Å². The third kappa shape index (κ3) is 5.40. The van der Waals surface area contributed by atoms with E-state index < -0.39 is 22.3 Å². The Morgan fingerprint density at radius 3 is 2.84 bits per heavy atom. The standard InChI is InChI=1S/C11H14FN3O4/c12-9-5-8(1-2-10(9)15(17)18)6-14-3-4-19-7-11(13)16/h1-2,5,14H,3-4,6-7H2,(H2,13,16). The Bertz CT molecular complexity index is 467. The fourth-order valence-electron chi connectivity index (χ4n) is 1.36. The van der Waals surface area contributed by atoms with Crippen LogP contribution in [-0.2, 0) is 16.1 Å². The zero-order valence-corrected chi connectivity index (χ0v) is 10.1. The van der Waals surface area contributed by atoms with Crippen LogP contribution < -0.4 is 11.1 Å². The van der Waals surface area contributed by atoms with Gasteiger partial charge in [-0.25, -0.2) is 0 Å². The molecule has 1 amide bonds. The molecule has 0 fully saturated rings. The van der Waals surface area contributed by atoms with Gasteiger partial charge in [-0.2, -0.15) is 4.39 Å². The number of primary amides is 1. The first-order valence-electron chi connectivity index (χ1n) is 5.50. The molecule has 0 aromatic heterocycles. The molecule has 0 aliphatic rings. The van der Waals surface area contributed by atoms with Gasteiger partial charge in [0.05, 0.1) is 11.5 Å². The number of hydrogen-bond acceptors (Lipinski definition) is 5. The molecule has 0 radical (unpaired) electrons. The third-order valence-corrected chi connectivity index (χ3v) is 2.21. The van der Waals surface area contributed by atoms with Crippen molar-refractivity contribution in [2.45, 2.75) is 6.54 Å². The zero-order valence-electron chi connectivity index (χ0n) is 10.1. The summed E-state index contributed by atoms with van der Waals surface area (Å²) in [6.07, 6.45) is 0. The summed E-state index contributed by atoms with van der Waals surface area (Å²) < 4.78 is 18.2. The lowest BCUT2D eigenvalue weighted by Gasteiger charge is -2.05. The minimum absolute atomic E-state index is 0.145. The van der Waals surface area contributed by atoms with Gasteiger partial charge in [-0.15, -0.1) is 0 Å². The highest BCUT2D eigenvalue weighted by atomic mass is 19.1. The number of nitro benzene ring substituents is 1. The number of hydrogen-bond donors (Lipinski definition) is 2. The number of carbonyl (C=O) groups excluding carboxylic acids is 1. The lowest BCUT2D eigenvalue weighted by atomic mass is 10.2. The molecule has 1 aromatic carbocycles. The van der Waals surface area contributed by atoms with Crippen molar-refractivity contribution in [1.29, 1.82) is 0 Å². The molecule has 0 aliphatic heterocycles. The van der Waals surface area contributed by atoms with Gasteiger partial charge in [-0.05, 0) is 11.6 Å². The minimum atomic E-state index is -0.866. The maximum atomic E-state index is 13.3. The number of rotatable bonds is 8. The maximum Gasteiger partial charge on any atom is 0.304 e. The number of nitro groups is 1. The molecular formula is C11H14FN3O4. The first-order valence-corrected chi connectivity index (χ1v) is 5.50. The van der Waals surface area contributed by atoms with Crippen LogP contribution >= 0.6 is 0 Å². The van der Waals surface area contributed by atoms with Crippen molar-refractivity contribution in [2.75, 3.05) is 19.8 Å². The molecule has 0 bridgehead atoms. The van der Waals surface area contributed by atoms with Crippen LogP contribution in [0.1, 0.15) is 5.56 Å². The summed E-state index contributed by atoms with van der Waals surface area (Å²) in [5.74, 6) is -1.41. The number of nitrogens with one attached hydrogen (secondary N) is 1. The number of nitrogens with two attached hydrogens (primary N) is 1. The van der Waals surface area contributed by atoms with E-state index in [-0.39, 0.29) is 6.61 Å². The Morgan fingerprint density at radius 1 is 1.53 bits per heavy atom. The van der Waals surface area contributed by atoms with E-state index in [0.29, 0.717) is 25.3 Å². The van der Waals surface area contributed by atoms with Crippen molar-refractivity contribution in [3.63, 3.8) is 0 Å². The van der Waals surface area contributed by atoms with Gasteiger partial charge in [0.15, 0.2) is 0 Å². The highest BCUT2D eigenvalue weighted by Crippen LogP contribution is 2.17. The molecule has 1 aromatic rings. The van der Waals surface area contributed by atoms with Crippen molar-refractivity contribution in [3.05, 3.63) is 39.7 Å². The molecular weight excluding hydrogens is 257 g/mol. The maximum absolute atomic E-state index is 13.3. The summed E-state index contributed by atoms with van der Waals surface area (Å²) in [7, 11) is 0. The summed E-state index contributed by atoms with van der Waals surface area (Å²) in [6, 6.07) is 3.70. The smallest absolute Gasteiger partial charge is 0.304 e. The summed E-state index contributed by atoms with van der Waals surface area (Å²) >= 11 is 0. The summed E-state index contributed by atoms with van der Waals surface area (Å²) in [5.41, 5.74) is 4.91. The molecule has 0 aliphatic carbocycles. The molecule has 0 unspecified atom stereocenters. The molecule has 7 nitrogen and oxygen atoms in total. The van der Waals surface area contributed by atoms with Gasteiger partial charge in [-0.1, -0.05) is 6.07 Å². The van der Waals surface area contributed by atoms with Crippen molar-refractivity contribution in [1.82, 2.24) is 5.32 Å². The molecule has 1 rings (SSSR count). The fourth-order valence-corrected chi connectivity index (χ4v) is 1.36.